The summed E-state index contributed by atoms with van der Waals surface area (Å²) in [5.41, 5.74) is 2.76. The summed E-state index contributed by atoms with van der Waals surface area (Å²) in [7, 11) is 0. The van der Waals surface area contributed by atoms with Gasteiger partial charge in [-0.15, -0.1) is 0 Å². The summed E-state index contributed by atoms with van der Waals surface area (Å²) in [6.45, 7) is 6.92. The van der Waals surface area contributed by atoms with Crippen molar-refractivity contribution in [3.63, 3.8) is 0 Å². The molecule has 2 saturated heterocycles. The highest BCUT2D eigenvalue weighted by molar-refractivity contribution is 7.99. The number of aryl methyl sites for hydroxylation is 1. The number of nitrogens with zero attached hydrogens (tertiary/aromatic N) is 2. The second-order valence-corrected chi connectivity index (χ2v) is 8.42. The predicted molar refractivity (Wildman–Crippen MR) is 103 cm³/mol. The number of likely N-dealkylation sites (tertiary alicyclic amines) is 1. The van der Waals surface area contributed by atoms with E-state index in [1.807, 2.05) is 16.7 Å². The number of carbonyl (C=O) groups is 2. The molecule has 2 aliphatic heterocycles. The van der Waals surface area contributed by atoms with Gasteiger partial charge in [0.25, 0.3) is 0 Å². The molecule has 0 radical (unpaired) electrons. The van der Waals surface area contributed by atoms with Crippen LogP contribution in [0.3, 0.4) is 0 Å². The lowest BCUT2D eigenvalue weighted by Gasteiger charge is -2.33. The van der Waals surface area contributed by atoms with Crippen molar-refractivity contribution in [1.29, 1.82) is 0 Å². The highest BCUT2D eigenvalue weighted by Crippen LogP contribution is 2.36. The number of rotatable bonds is 2. The van der Waals surface area contributed by atoms with E-state index in [9.17, 15) is 9.59 Å². The maximum atomic E-state index is 12.9. The SMILES string of the molecule is CC(=O)N1CCC(C(=O)N2CCSC(c3ccccc3C)CC2)CC1. The van der Waals surface area contributed by atoms with Gasteiger partial charge in [-0.1, -0.05) is 24.3 Å². The number of amides is 2. The average Bonchev–Trinajstić information content (AvgIpc) is 2.87. The van der Waals surface area contributed by atoms with E-state index in [0.717, 1.165) is 51.2 Å². The highest BCUT2D eigenvalue weighted by atomic mass is 32.2. The maximum Gasteiger partial charge on any atom is 0.225 e. The van der Waals surface area contributed by atoms with Crippen LogP contribution in [0.25, 0.3) is 0 Å². The summed E-state index contributed by atoms with van der Waals surface area (Å²) in [4.78, 5) is 28.3. The monoisotopic (exact) mass is 360 g/mol. The molecule has 1 aromatic carbocycles. The van der Waals surface area contributed by atoms with E-state index in [4.69, 9.17) is 0 Å². The second kappa shape index (κ2) is 8.26. The van der Waals surface area contributed by atoms with Crippen molar-refractivity contribution in [2.24, 2.45) is 5.92 Å². The van der Waals surface area contributed by atoms with E-state index >= 15 is 0 Å². The molecule has 0 bridgehead atoms. The van der Waals surface area contributed by atoms with E-state index < -0.39 is 0 Å². The van der Waals surface area contributed by atoms with Crippen molar-refractivity contribution < 1.29 is 9.59 Å². The summed E-state index contributed by atoms with van der Waals surface area (Å²) >= 11 is 1.98. The van der Waals surface area contributed by atoms with E-state index in [2.05, 4.69) is 36.1 Å². The molecular weight excluding hydrogens is 332 g/mol. The fourth-order valence-corrected chi connectivity index (χ4v) is 5.21. The van der Waals surface area contributed by atoms with E-state index in [-0.39, 0.29) is 11.8 Å². The molecule has 2 amide bonds. The summed E-state index contributed by atoms with van der Waals surface area (Å²) in [5, 5.41) is 0.485. The predicted octanol–water partition coefficient (Wildman–Crippen LogP) is 3.26. The van der Waals surface area contributed by atoms with Crippen molar-refractivity contribution in [3.05, 3.63) is 35.4 Å². The Morgan fingerprint density at radius 2 is 1.68 bits per heavy atom. The van der Waals surface area contributed by atoms with Gasteiger partial charge < -0.3 is 9.80 Å². The van der Waals surface area contributed by atoms with Crippen LogP contribution in [0.15, 0.2) is 24.3 Å². The zero-order valence-electron chi connectivity index (χ0n) is 15.2. The molecule has 1 unspecified atom stereocenters. The van der Waals surface area contributed by atoms with Crippen LogP contribution in [0.4, 0.5) is 0 Å². The molecular formula is C20H28N2O2S. The van der Waals surface area contributed by atoms with Crippen molar-refractivity contribution >= 4 is 23.6 Å². The molecule has 2 fully saturated rings. The van der Waals surface area contributed by atoms with Crippen molar-refractivity contribution in [2.75, 3.05) is 31.9 Å². The third-order valence-electron chi connectivity index (χ3n) is 5.48. The van der Waals surface area contributed by atoms with Crippen molar-refractivity contribution in [1.82, 2.24) is 9.80 Å². The Labute approximate surface area is 154 Å². The van der Waals surface area contributed by atoms with E-state index in [1.54, 1.807) is 6.92 Å². The first-order valence-corrected chi connectivity index (χ1v) is 10.3. The number of hydrogen-bond acceptors (Lipinski definition) is 3. The molecule has 5 heteroatoms. The van der Waals surface area contributed by atoms with Gasteiger partial charge >= 0.3 is 0 Å². The molecule has 0 saturated carbocycles. The molecule has 2 heterocycles. The number of piperidine rings is 1. The lowest BCUT2D eigenvalue weighted by atomic mass is 9.95. The third kappa shape index (κ3) is 4.38. The van der Waals surface area contributed by atoms with Crippen molar-refractivity contribution in [3.8, 4) is 0 Å². The van der Waals surface area contributed by atoms with Crippen LogP contribution >= 0.6 is 11.8 Å². The Hall–Kier alpha value is -1.49. The average molecular weight is 361 g/mol. The number of carbonyl (C=O) groups excluding carboxylic acids is 2. The van der Waals surface area contributed by atoms with Gasteiger partial charge in [-0.3, -0.25) is 9.59 Å². The molecule has 4 nitrogen and oxygen atoms in total. The zero-order chi connectivity index (χ0) is 17.8. The Balaban J connectivity index is 1.57. The molecule has 0 N–H and O–H groups in total. The summed E-state index contributed by atoms with van der Waals surface area (Å²) in [6, 6.07) is 8.59. The smallest absolute Gasteiger partial charge is 0.225 e. The van der Waals surface area contributed by atoms with Gasteiger partial charge in [-0.2, -0.15) is 11.8 Å². The van der Waals surface area contributed by atoms with Crippen LogP contribution in [-0.2, 0) is 9.59 Å². The molecule has 136 valence electrons. The van der Waals surface area contributed by atoms with Gasteiger partial charge in [0.15, 0.2) is 0 Å². The van der Waals surface area contributed by atoms with Gasteiger partial charge in [0.05, 0.1) is 0 Å². The van der Waals surface area contributed by atoms with Crippen molar-refractivity contribution in [2.45, 2.75) is 38.4 Å². The minimum atomic E-state index is 0.0932. The first-order valence-electron chi connectivity index (χ1n) is 9.27. The molecule has 25 heavy (non-hydrogen) atoms. The minimum Gasteiger partial charge on any atom is -0.343 e. The number of hydrogen-bond donors (Lipinski definition) is 0. The van der Waals surface area contributed by atoms with E-state index in [0.29, 0.717) is 11.2 Å². The molecule has 0 aliphatic carbocycles. The minimum absolute atomic E-state index is 0.0932. The zero-order valence-corrected chi connectivity index (χ0v) is 16.1. The Bertz CT molecular complexity index is 626. The molecule has 2 aliphatic rings. The van der Waals surface area contributed by atoms with Gasteiger partial charge in [-0.25, -0.2) is 0 Å². The van der Waals surface area contributed by atoms with Gasteiger partial charge in [-0.05, 0) is 37.3 Å². The van der Waals surface area contributed by atoms with Crippen LogP contribution in [0.2, 0.25) is 0 Å². The lowest BCUT2D eigenvalue weighted by Crippen LogP contribution is -2.44. The Kier molecular flexibility index (Phi) is 6.05. The number of thioether (sulfide) groups is 1. The van der Waals surface area contributed by atoms with Crippen LogP contribution in [0, 0.1) is 12.8 Å². The van der Waals surface area contributed by atoms with Gasteiger partial charge in [0, 0.05) is 50.0 Å². The summed E-state index contributed by atoms with van der Waals surface area (Å²) in [5.74, 6) is 1.51. The van der Waals surface area contributed by atoms with Gasteiger partial charge in [0.1, 0.15) is 0 Å². The second-order valence-electron chi connectivity index (χ2n) is 7.11. The fraction of sp³-hybridized carbons (Fsp3) is 0.600. The third-order valence-corrected chi connectivity index (χ3v) is 6.79. The first-order chi connectivity index (χ1) is 12.1. The van der Waals surface area contributed by atoms with Crippen LogP contribution in [0.1, 0.15) is 42.6 Å². The number of benzene rings is 1. The molecule has 1 aromatic rings. The first kappa shape index (κ1) is 18.3. The topological polar surface area (TPSA) is 40.6 Å². The lowest BCUT2D eigenvalue weighted by molar-refractivity contribution is -0.139. The molecule has 3 rings (SSSR count). The van der Waals surface area contributed by atoms with Crippen LogP contribution < -0.4 is 0 Å². The highest BCUT2D eigenvalue weighted by Gasteiger charge is 2.31. The van der Waals surface area contributed by atoms with E-state index in [1.165, 1.54) is 11.1 Å². The standard InChI is InChI=1S/C20H28N2O2S/c1-15-5-3-4-6-18(15)19-9-12-22(13-14-25-19)20(24)17-7-10-21(11-8-17)16(2)23/h3-6,17,19H,7-14H2,1-2H3. The summed E-state index contributed by atoms with van der Waals surface area (Å²) < 4.78 is 0. The molecule has 1 atom stereocenters. The van der Waals surface area contributed by atoms with Gasteiger partial charge in [0.2, 0.25) is 11.8 Å². The summed E-state index contributed by atoms with van der Waals surface area (Å²) in [6.07, 6.45) is 2.64. The Morgan fingerprint density at radius 1 is 1.00 bits per heavy atom. The largest absolute Gasteiger partial charge is 0.343 e. The quantitative estimate of drug-likeness (QED) is 0.813. The maximum absolute atomic E-state index is 12.9. The molecule has 0 spiro atoms. The Morgan fingerprint density at radius 3 is 2.36 bits per heavy atom. The fourth-order valence-electron chi connectivity index (χ4n) is 3.89. The van der Waals surface area contributed by atoms with Crippen LogP contribution in [-0.4, -0.2) is 53.5 Å². The normalized spacial score (nSPS) is 22.6. The van der Waals surface area contributed by atoms with Crippen LogP contribution in [0.5, 0.6) is 0 Å². The molecule has 0 aromatic heterocycles.